The van der Waals surface area contributed by atoms with E-state index < -0.39 is 0 Å². The first kappa shape index (κ1) is 13.3. The van der Waals surface area contributed by atoms with Crippen molar-refractivity contribution in [3.05, 3.63) is 34.1 Å². The molecule has 2 heterocycles. The van der Waals surface area contributed by atoms with Crippen LogP contribution in [-0.4, -0.2) is 19.3 Å². The van der Waals surface area contributed by atoms with E-state index in [4.69, 9.17) is 0 Å². The van der Waals surface area contributed by atoms with E-state index in [1.54, 1.807) is 0 Å². The van der Waals surface area contributed by atoms with Gasteiger partial charge >= 0.3 is 0 Å². The Bertz CT molecular complexity index is 529. The van der Waals surface area contributed by atoms with E-state index in [-0.39, 0.29) is 0 Å². The lowest BCUT2D eigenvalue weighted by atomic mass is 10.3. The summed E-state index contributed by atoms with van der Waals surface area (Å²) >= 11 is 3.61. The van der Waals surface area contributed by atoms with E-state index in [1.807, 2.05) is 35.7 Å². The molecule has 18 heavy (non-hydrogen) atoms. The molecule has 0 spiro atoms. The van der Waals surface area contributed by atoms with Crippen molar-refractivity contribution in [2.24, 2.45) is 14.1 Å². The summed E-state index contributed by atoms with van der Waals surface area (Å²) in [6.45, 7) is 3.64. The largest absolute Gasteiger partial charge is 0.337 e. The molecule has 1 N–H and O–H groups in total. The van der Waals surface area contributed by atoms with Crippen LogP contribution in [-0.2, 0) is 33.6 Å². The number of hydrogen-bond donors (Lipinski definition) is 1. The number of hydrogen-bond acceptors (Lipinski definition) is 3. The first-order valence-electron chi connectivity index (χ1n) is 6.00. The second kappa shape index (κ2) is 5.67. The summed E-state index contributed by atoms with van der Waals surface area (Å²) in [5, 5.41) is 7.86. The van der Waals surface area contributed by atoms with Gasteiger partial charge in [0, 0.05) is 33.0 Å². The van der Waals surface area contributed by atoms with Gasteiger partial charge in [0.25, 0.3) is 0 Å². The lowest BCUT2D eigenvalue weighted by Gasteiger charge is -2.06. The smallest absolute Gasteiger partial charge is 0.122 e. The lowest BCUT2D eigenvalue weighted by Crippen LogP contribution is -2.17. The van der Waals surface area contributed by atoms with Crippen molar-refractivity contribution in [3.63, 3.8) is 0 Å². The van der Waals surface area contributed by atoms with Crippen LogP contribution in [0, 0.1) is 0 Å². The lowest BCUT2D eigenvalue weighted by molar-refractivity contribution is 0.597. The minimum Gasteiger partial charge on any atom is -0.337 e. The van der Waals surface area contributed by atoms with Crippen molar-refractivity contribution >= 4 is 15.9 Å². The number of nitrogens with zero attached hydrogens (tertiary/aromatic N) is 4. The summed E-state index contributed by atoms with van der Waals surface area (Å²) in [7, 11) is 3.97. The van der Waals surface area contributed by atoms with Crippen LogP contribution in [0.3, 0.4) is 0 Å². The third kappa shape index (κ3) is 2.64. The van der Waals surface area contributed by atoms with Crippen molar-refractivity contribution in [2.45, 2.75) is 26.4 Å². The SMILES string of the molecule is CCc1nn(C)c(CNCc2nccn2C)c1Br. The maximum Gasteiger partial charge on any atom is 0.122 e. The first-order valence-corrected chi connectivity index (χ1v) is 6.80. The van der Waals surface area contributed by atoms with Gasteiger partial charge in [-0.2, -0.15) is 5.10 Å². The second-order valence-electron chi connectivity index (χ2n) is 4.24. The third-order valence-electron chi connectivity index (χ3n) is 3.00. The topological polar surface area (TPSA) is 47.7 Å². The van der Waals surface area contributed by atoms with Gasteiger partial charge in [-0.15, -0.1) is 0 Å². The van der Waals surface area contributed by atoms with Crippen LogP contribution in [0.25, 0.3) is 0 Å². The predicted octanol–water partition coefficient (Wildman–Crippen LogP) is 1.77. The van der Waals surface area contributed by atoms with Gasteiger partial charge in [-0.1, -0.05) is 6.92 Å². The normalized spacial score (nSPS) is 11.1. The van der Waals surface area contributed by atoms with Crippen molar-refractivity contribution in [1.29, 1.82) is 0 Å². The van der Waals surface area contributed by atoms with Gasteiger partial charge in [-0.3, -0.25) is 4.68 Å². The number of halogens is 1. The molecule has 5 nitrogen and oxygen atoms in total. The Morgan fingerprint density at radius 1 is 1.33 bits per heavy atom. The van der Waals surface area contributed by atoms with E-state index in [0.29, 0.717) is 0 Å². The predicted molar refractivity (Wildman–Crippen MR) is 74.0 cm³/mol. The molecule has 0 aromatic carbocycles. The fourth-order valence-electron chi connectivity index (χ4n) is 1.87. The highest BCUT2D eigenvalue weighted by Gasteiger charge is 2.11. The molecule has 0 amide bonds. The maximum absolute atomic E-state index is 4.47. The molecule has 0 aliphatic rings. The van der Waals surface area contributed by atoms with Crippen molar-refractivity contribution in [1.82, 2.24) is 24.6 Å². The van der Waals surface area contributed by atoms with Gasteiger partial charge in [-0.25, -0.2) is 4.98 Å². The quantitative estimate of drug-likeness (QED) is 0.915. The summed E-state index contributed by atoms with van der Waals surface area (Å²) in [5.41, 5.74) is 2.27. The Kier molecular flexibility index (Phi) is 4.19. The highest BCUT2D eigenvalue weighted by atomic mass is 79.9. The molecule has 0 atom stereocenters. The van der Waals surface area contributed by atoms with Gasteiger partial charge in [0.1, 0.15) is 5.82 Å². The average molecular weight is 312 g/mol. The molecule has 6 heteroatoms. The Hall–Kier alpha value is -1.14. The number of imidazole rings is 1. The van der Waals surface area contributed by atoms with Crippen LogP contribution in [0.2, 0.25) is 0 Å². The van der Waals surface area contributed by atoms with E-state index in [9.17, 15) is 0 Å². The molecule has 98 valence electrons. The summed E-state index contributed by atoms with van der Waals surface area (Å²) in [6, 6.07) is 0. The Morgan fingerprint density at radius 2 is 2.11 bits per heavy atom. The Labute approximate surface area is 115 Å². The molecule has 2 aromatic heterocycles. The standard InChI is InChI=1S/C12H18BrN5/c1-4-9-12(13)10(18(3)16-9)7-14-8-11-15-5-6-17(11)2/h5-6,14H,4,7-8H2,1-3H3. The zero-order valence-electron chi connectivity index (χ0n) is 10.9. The van der Waals surface area contributed by atoms with Crippen LogP contribution >= 0.6 is 15.9 Å². The van der Waals surface area contributed by atoms with Gasteiger partial charge in [0.2, 0.25) is 0 Å². The van der Waals surface area contributed by atoms with Gasteiger partial charge < -0.3 is 9.88 Å². The molecular formula is C12H18BrN5. The van der Waals surface area contributed by atoms with Crippen LogP contribution in [0.5, 0.6) is 0 Å². The van der Waals surface area contributed by atoms with E-state index in [2.05, 4.69) is 38.3 Å². The number of nitrogens with one attached hydrogen (secondary N) is 1. The summed E-state index contributed by atoms with van der Waals surface area (Å²) < 4.78 is 5.05. The van der Waals surface area contributed by atoms with E-state index in [0.717, 1.165) is 35.5 Å². The minimum absolute atomic E-state index is 0.753. The summed E-state index contributed by atoms with van der Waals surface area (Å²) in [5.74, 6) is 1.03. The molecular weight excluding hydrogens is 294 g/mol. The van der Waals surface area contributed by atoms with Crippen LogP contribution in [0.1, 0.15) is 24.1 Å². The van der Waals surface area contributed by atoms with Crippen molar-refractivity contribution < 1.29 is 0 Å². The molecule has 0 unspecified atom stereocenters. The number of aryl methyl sites for hydroxylation is 3. The number of aromatic nitrogens is 4. The minimum atomic E-state index is 0.753. The van der Waals surface area contributed by atoms with Gasteiger partial charge in [0.05, 0.1) is 22.4 Å². The third-order valence-corrected chi connectivity index (χ3v) is 3.91. The maximum atomic E-state index is 4.47. The van der Waals surface area contributed by atoms with E-state index in [1.165, 1.54) is 5.69 Å². The fourth-order valence-corrected chi connectivity index (χ4v) is 2.63. The van der Waals surface area contributed by atoms with Gasteiger partial charge in [0.15, 0.2) is 0 Å². The second-order valence-corrected chi connectivity index (χ2v) is 5.04. The Morgan fingerprint density at radius 3 is 2.67 bits per heavy atom. The highest BCUT2D eigenvalue weighted by Crippen LogP contribution is 2.21. The molecule has 0 radical (unpaired) electrons. The van der Waals surface area contributed by atoms with Gasteiger partial charge in [-0.05, 0) is 22.4 Å². The average Bonchev–Trinajstić information content (AvgIpc) is 2.87. The monoisotopic (exact) mass is 311 g/mol. The first-order chi connectivity index (χ1) is 8.63. The molecule has 2 rings (SSSR count). The van der Waals surface area contributed by atoms with E-state index >= 15 is 0 Å². The highest BCUT2D eigenvalue weighted by molar-refractivity contribution is 9.10. The Balaban J connectivity index is 1.98. The molecule has 0 saturated heterocycles. The summed E-state index contributed by atoms with van der Waals surface area (Å²) in [6.07, 6.45) is 4.70. The van der Waals surface area contributed by atoms with Crippen LogP contribution in [0.15, 0.2) is 16.9 Å². The van der Waals surface area contributed by atoms with Crippen LogP contribution in [0.4, 0.5) is 0 Å². The van der Waals surface area contributed by atoms with Crippen molar-refractivity contribution in [3.8, 4) is 0 Å². The fraction of sp³-hybridized carbons (Fsp3) is 0.500. The molecule has 0 aliphatic carbocycles. The molecule has 2 aromatic rings. The summed E-state index contributed by atoms with van der Waals surface area (Å²) in [4.78, 5) is 4.28. The molecule has 0 bridgehead atoms. The molecule has 0 fully saturated rings. The molecule has 0 aliphatic heterocycles. The zero-order chi connectivity index (χ0) is 13.1. The van der Waals surface area contributed by atoms with Crippen molar-refractivity contribution in [2.75, 3.05) is 0 Å². The molecule has 0 saturated carbocycles. The number of rotatable bonds is 5. The zero-order valence-corrected chi connectivity index (χ0v) is 12.5. The van der Waals surface area contributed by atoms with Crippen LogP contribution < -0.4 is 5.32 Å².